The van der Waals surface area contributed by atoms with Crippen molar-refractivity contribution in [3.8, 4) is 0 Å². The van der Waals surface area contributed by atoms with Crippen molar-refractivity contribution in [2.45, 2.75) is 52.4 Å². The summed E-state index contributed by atoms with van der Waals surface area (Å²) in [6, 6.07) is 41.7. The average Bonchev–Trinajstić information content (AvgIpc) is 4.17. The molecule has 66 heavy (non-hydrogen) atoms. The molecule has 8 bridgehead atoms. The van der Waals surface area contributed by atoms with Crippen LogP contribution in [0.25, 0.3) is 32.7 Å². The molecule has 13 rings (SSSR count). The van der Waals surface area contributed by atoms with E-state index in [1.165, 1.54) is 11.1 Å². The highest BCUT2D eigenvalue weighted by Crippen LogP contribution is 2.53. The van der Waals surface area contributed by atoms with Crippen molar-refractivity contribution in [3.05, 3.63) is 247 Å². The van der Waals surface area contributed by atoms with Crippen LogP contribution in [0.3, 0.4) is 0 Å². The summed E-state index contributed by atoms with van der Waals surface area (Å²) in [6.07, 6.45) is 8.18. The number of fused-ring (bicyclic) bond motifs is 12. The van der Waals surface area contributed by atoms with Crippen molar-refractivity contribution in [1.82, 2.24) is 9.97 Å². The third-order valence-electron chi connectivity index (χ3n) is 14.9. The van der Waals surface area contributed by atoms with Crippen LogP contribution in [-0.2, 0) is 10.8 Å². The molecular weight excluding hydrogens is 809 g/mol. The summed E-state index contributed by atoms with van der Waals surface area (Å²) in [6.45, 7) is 12.8. The van der Waals surface area contributed by atoms with Crippen LogP contribution in [0.2, 0.25) is 0 Å². The maximum atomic E-state index is 15.7. The summed E-state index contributed by atoms with van der Waals surface area (Å²) in [7, 11) is 0. The molecule has 6 aromatic carbocycles. The lowest BCUT2D eigenvalue weighted by Gasteiger charge is -2.29. The molecule has 3 aliphatic heterocycles. The highest BCUT2D eigenvalue weighted by Gasteiger charge is 2.56. The van der Waals surface area contributed by atoms with E-state index in [0.717, 1.165) is 111 Å². The number of carbonyl (C=O) groups is 2. The van der Waals surface area contributed by atoms with Gasteiger partial charge in [-0.15, -0.1) is 0 Å². The Morgan fingerprint density at radius 3 is 1.27 bits per heavy atom. The van der Waals surface area contributed by atoms with Gasteiger partial charge in [0.25, 0.3) is 0 Å². The summed E-state index contributed by atoms with van der Waals surface area (Å²) in [5.41, 5.74) is 17.0. The number of hydrogen-bond acceptors (Lipinski definition) is 4. The lowest BCUT2D eigenvalue weighted by atomic mass is 9.71. The molecule has 5 aliphatic rings. The number of aryl methyl sites for hydroxylation is 6. The Morgan fingerprint density at radius 1 is 0.439 bits per heavy atom. The van der Waals surface area contributed by atoms with E-state index >= 15 is 9.59 Å². The van der Waals surface area contributed by atoms with E-state index in [9.17, 15) is 0 Å². The number of ketones is 2. The molecule has 0 saturated heterocycles. The molecule has 0 unspecified atom stereocenters. The number of aliphatic imine (C=N–C) groups is 2. The number of nitrogens with zero attached hydrogens (tertiary/aromatic N) is 2. The van der Waals surface area contributed by atoms with E-state index in [0.29, 0.717) is 22.6 Å². The number of Topliss-reactive ketones (excluding diaryl/α,β-unsaturated/α-hetero) is 2. The Labute approximate surface area is 382 Å². The first-order chi connectivity index (χ1) is 32.0. The molecule has 5 heterocycles. The zero-order valence-electron chi connectivity index (χ0n) is 37.6. The average molecular weight is 853 g/mol. The topological polar surface area (TPSA) is 90.4 Å². The second kappa shape index (κ2) is 13.3. The summed E-state index contributed by atoms with van der Waals surface area (Å²) in [5.74, 6) is -0.0402. The minimum Gasteiger partial charge on any atom is -0.357 e. The zero-order valence-corrected chi connectivity index (χ0v) is 37.6. The van der Waals surface area contributed by atoms with Gasteiger partial charge in [0.2, 0.25) is 0 Å². The Hall–Kier alpha value is -7.96. The van der Waals surface area contributed by atoms with Gasteiger partial charge in [-0.25, -0.2) is 0 Å². The van der Waals surface area contributed by atoms with Gasteiger partial charge in [0, 0.05) is 45.0 Å². The normalized spacial score (nSPS) is 22.3. The molecule has 2 spiro atoms. The van der Waals surface area contributed by atoms with E-state index in [4.69, 9.17) is 9.98 Å². The summed E-state index contributed by atoms with van der Waals surface area (Å²) < 4.78 is 0. The molecule has 2 aliphatic carbocycles. The molecule has 8 aromatic rings. The monoisotopic (exact) mass is 852 g/mol. The van der Waals surface area contributed by atoms with Crippen LogP contribution in [0.5, 0.6) is 0 Å². The fourth-order valence-corrected chi connectivity index (χ4v) is 12.5. The summed E-state index contributed by atoms with van der Waals surface area (Å²) >= 11 is 0. The predicted molar refractivity (Wildman–Crippen MR) is 266 cm³/mol. The number of H-pyrrole nitrogens is 2. The number of allylic oxidation sites excluding steroid dienone is 4. The molecule has 316 valence electrons. The first-order valence-electron chi connectivity index (χ1n) is 22.7. The highest BCUT2D eigenvalue weighted by atomic mass is 16.1. The molecule has 0 fully saturated rings. The van der Waals surface area contributed by atoms with Crippen LogP contribution in [-0.4, -0.2) is 33.0 Å². The molecule has 6 nitrogen and oxygen atoms in total. The second-order valence-corrected chi connectivity index (χ2v) is 18.9. The van der Waals surface area contributed by atoms with E-state index in [1.54, 1.807) is 0 Å². The van der Waals surface area contributed by atoms with E-state index in [2.05, 4.69) is 155 Å². The first-order valence-corrected chi connectivity index (χ1v) is 22.7. The van der Waals surface area contributed by atoms with Crippen molar-refractivity contribution in [1.29, 1.82) is 0 Å². The van der Waals surface area contributed by atoms with Gasteiger partial charge in [-0.3, -0.25) is 19.6 Å². The van der Waals surface area contributed by atoms with Crippen LogP contribution >= 0.6 is 0 Å². The summed E-state index contributed by atoms with van der Waals surface area (Å²) in [4.78, 5) is 50.5. The largest absolute Gasteiger partial charge is 0.357 e. The Morgan fingerprint density at radius 2 is 0.833 bits per heavy atom. The van der Waals surface area contributed by atoms with Crippen LogP contribution < -0.4 is 0 Å². The van der Waals surface area contributed by atoms with Crippen LogP contribution in [0, 0.1) is 41.5 Å². The van der Waals surface area contributed by atoms with Crippen LogP contribution in [0.15, 0.2) is 167 Å². The number of benzene rings is 6. The first kappa shape index (κ1) is 38.5. The third-order valence-corrected chi connectivity index (χ3v) is 14.9. The van der Waals surface area contributed by atoms with Gasteiger partial charge in [0.05, 0.1) is 22.8 Å². The predicted octanol–water partition coefficient (Wildman–Crippen LogP) is 12.7. The summed E-state index contributed by atoms with van der Waals surface area (Å²) in [5, 5.41) is 3.92. The van der Waals surface area contributed by atoms with E-state index in [1.807, 2.05) is 42.5 Å². The van der Waals surface area contributed by atoms with Gasteiger partial charge in [-0.1, -0.05) is 108 Å². The number of carbonyl (C=O) groups excluding carboxylic acids is 2. The Kier molecular flexibility index (Phi) is 7.76. The Bertz CT molecular complexity index is 3610. The van der Waals surface area contributed by atoms with Crippen molar-refractivity contribution >= 4 is 55.7 Å². The number of nitrogens with one attached hydrogen (secondary N) is 2. The highest BCUT2D eigenvalue weighted by molar-refractivity contribution is 6.46. The number of aromatic nitrogens is 2. The molecular formula is C60H44N4O2. The Balaban J connectivity index is 1.19. The van der Waals surface area contributed by atoms with Crippen molar-refractivity contribution in [2.24, 2.45) is 9.98 Å². The fraction of sp³-hybridized carbons (Fsp3) is 0.133. The number of aromatic amines is 2. The number of hydrogen-bond donors (Lipinski definition) is 2. The quantitative estimate of drug-likeness (QED) is 0.181. The van der Waals surface area contributed by atoms with Gasteiger partial charge in [-0.05, 0) is 156 Å². The second-order valence-electron chi connectivity index (χ2n) is 18.9. The van der Waals surface area contributed by atoms with Gasteiger partial charge in [-0.2, -0.15) is 0 Å². The molecule has 0 radical (unpaired) electrons. The minimum absolute atomic E-state index is 0.00332. The van der Waals surface area contributed by atoms with Crippen LogP contribution in [0.1, 0.15) is 99.1 Å². The standard InChI is InChI=1S/C60H44N4O2/c1-31-27-33(3)51(34(4)28-31)55-43-19-23-47(61-43)59(41-17-9-13-37-11-7-15-39(53(37)41)57(59)65)49-25-21-45(63-49)56(52-35(5)29-32(2)30-36(52)6)46-22-26-50(64-46)60(48-24-20-44(55)62-48)42-18-10-14-38-12-8-16-40(54(38)42)58(60)66/h7-30,61,63H,1-6H3/b55-44+,56-46+. The van der Waals surface area contributed by atoms with E-state index in [-0.39, 0.29) is 11.6 Å². The van der Waals surface area contributed by atoms with Gasteiger partial charge >= 0.3 is 0 Å². The van der Waals surface area contributed by atoms with E-state index < -0.39 is 10.8 Å². The molecule has 6 heteroatoms. The minimum atomic E-state index is -1.34. The van der Waals surface area contributed by atoms with Gasteiger partial charge < -0.3 is 9.97 Å². The maximum absolute atomic E-state index is 15.7. The molecule has 2 aromatic heterocycles. The maximum Gasteiger partial charge on any atom is 0.186 e. The lowest BCUT2D eigenvalue weighted by molar-refractivity contribution is 0.0939. The zero-order chi connectivity index (χ0) is 45.0. The van der Waals surface area contributed by atoms with Gasteiger partial charge in [0.15, 0.2) is 11.6 Å². The smallest absolute Gasteiger partial charge is 0.186 e. The van der Waals surface area contributed by atoms with Crippen LogP contribution in [0.4, 0.5) is 0 Å². The SMILES string of the molecule is Cc1cc(C)c(/C2=C3\C=CC(=N3)C3(C(=O)c4cccc5cccc3c45)C3=N/C(=C(/c4c(C)cc(C)cc4C)c4ccc([nH]4)C4(C(=O)c5cccc6cccc4c56)c4ccc2[nH]4)C=C3)c(C)c1. The third kappa shape index (κ3) is 4.80. The lowest BCUT2D eigenvalue weighted by Crippen LogP contribution is -2.46. The molecule has 0 amide bonds. The fourth-order valence-electron chi connectivity index (χ4n) is 12.5. The van der Waals surface area contributed by atoms with Gasteiger partial charge in [0.1, 0.15) is 10.8 Å². The van der Waals surface area contributed by atoms with Crippen molar-refractivity contribution < 1.29 is 9.59 Å². The molecule has 0 atom stereocenters. The van der Waals surface area contributed by atoms with Crippen molar-refractivity contribution in [3.63, 3.8) is 0 Å². The number of rotatable bonds is 2. The molecule has 2 N–H and O–H groups in total. The van der Waals surface area contributed by atoms with Crippen molar-refractivity contribution in [2.75, 3.05) is 0 Å². The molecule has 0 saturated carbocycles.